The molecule has 0 bridgehead atoms. The van der Waals surface area contributed by atoms with Gasteiger partial charge in [-0.05, 0) is 26.7 Å². The first-order valence-corrected chi connectivity index (χ1v) is 5.30. The summed E-state index contributed by atoms with van der Waals surface area (Å²) in [6.07, 6.45) is -1.78. The SMILES string of the molecule is CCC(OC(=O)OC(CC)C(C)=O)C(C)=O. The van der Waals surface area contributed by atoms with Gasteiger partial charge in [-0.1, -0.05) is 13.8 Å². The van der Waals surface area contributed by atoms with E-state index in [9.17, 15) is 14.4 Å². The predicted octanol–water partition coefficient (Wildman–Crippen LogP) is 1.87. The molecule has 0 spiro atoms. The van der Waals surface area contributed by atoms with Gasteiger partial charge in [0.25, 0.3) is 0 Å². The van der Waals surface area contributed by atoms with E-state index in [1.54, 1.807) is 13.8 Å². The van der Waals surface area contributed by atoms with Gasteiger partial charge in [-0.3, -0.25) is 9.59 Å². The van der Waals surface area contributed by atoms with E-state index in [0.29, 0.717) is 12.8 Å². The molecule has 0 saturated carbocycles. The number of hydrogen-bond donors (Lipinski definition) is 0. The van der Waals surface area contributed by atoms with Crippen LogP contribution in [0.15, 0.2) is 0 Å². The van der Waals surface area contributed by atoms with Gasteiger partial charge >= 0.3 is 6.16 Å². The lowest BCUT2D eigenvalue weighted by atomic mass is 10.2. The highest BCUT2D eigenvalue weighted by molar-refractivity contribution is 5.84. The van der Waals surface area contributed by atoms with Crippen LogP contribution in [0, 0.1) is 0 Å². The molecular formula is C11H18O5. The van der Waals surface area contributed by atoms with Crippen LogP contribution in [0.2, 0.25) is 0 Å². The van der Waals surface area contributed by atoms with Gasteiger partial charge in [0.05, 0.1) is 0 Å². The standard InChI is InChI=1S/C11H18O5/c1-5-9(7(3)12)15-11(14)16-10(6-2)8(4)13/h9-10H,5-6H2,1-4H3. The van der Waals surface area contributed by atoms with E-state index in [0.717, 1.165) is 0 Å². The Labute approximate surface area is 95.1 Å². The van der Waals surface area contributed by atoms with Crippen molar-refractivity contribution in [2.24, 2.45) is 0 Å². The second-order valence-corrected chi connectivity index (χ2v) is 3.50. The van der Waals surface area contributed by atoms with E-state index in [1.165, 1.54) is 13.8 Å². The van der Waals surface area contributed by atoms with E-state index < -0.39 is 18.4 Å². The molecule has 2 atom stereocenters. The number of ketones is 2. The minimum atomic E-state index is -0.968. The van der Waals surface area contributed by atoms with E-state index in [-0.39, 0.29) is 11.6 Å². The fraction of sp³-hybridized carbons (Fsp3) is 0.727. The summed E-state index contributed by atoms with van der Waals surface area (Å²) in [7, 11) is 0. The molecule has 5 heteroatoms. The third-order valence-electron chi connectivity index (χ3n) is 2.13. The van der Waals surface area contributed by atoms with Crippen LogP contribution in [0.25, 0.3) is 0 Å². The molecule has 5 nitrogen and oxygen atoms in total. The van der Waals surface area contributed by atoms with Gasteiger partial charge in [0.15, 0.2) is 23.8 Å². The van der Waals surface area contributed by atoms with Crippen molar-refractivity contribution < 1.29 is 23.9 Å². The molecule has 2 unspecified atom stereocenters. The molecule has 0 aromatic rings. The molecule has 0 rings (SSSR count). The Hall–Kier alpha value is -1.39. The molecule has 0 aromatic heterocycles. The van der Waals surface area contributed by atoms with Gasteiger partial charge in [0, 0.05) is 0 Å². The average molecular weight is 230 g/mol. The Kier molecular flexibility index (Phi) is 6.37. The third-order valence-corrected chi connectivity index (χ3v) is 2.13. The number of carbonyl (C=O) groups is 3. The molecule has 0 N–H and O–H groups in total. The van der Waals surface area contributed by atoms with E-state index in [4.69, 9.17) is 9.47 Å². The van der Waals surface area contributed by atoms with Crippen LogP contribution in [0.5, 0.6) is 0 Å². The number of rotatable bonds is 6. The van der Waals surface area contributed by atoms with Crippen molar-refractivity contribution in [3.8, 4) is 0 Å². The first-order chi connectivity index (χ1) is 7.42. The average Bonchev–Trinajstić information content (AvgIpc) is 2.21. The van der Waals surface area contributed by atoms with Crippen molar-refractivity contribution in [1.29, 1.82) is 0 Å². The smallest absolute Gasteiger partial charge is 0.423 e. The molecule has 92 valence electrons. The van der Waals surface area contributed by atoms with E-state index >= 15 is 0 Å². The monoisotopic (exact) mass is 230 g/mol. The second kappa shape index (κ2) is 6.98. The van der Waals surface area contributed by atoms with Gasteiger partial charge in [0.1, 0.15) is 0 Å². The van der Waals surface area contributed by atoms with Crippen LogP contribution in [0.1, 0.15) is 40.5 Å². The van der Waals surface area contributed by atoms with E-state index in [2.05, 4.69) is 0 Å². The van der Waals surface area contributed by atoms with Gasteiger partial charge < -0.3 is 9.47 Å². The maximum Gasteiger partial charge on any atom is 0.509 e. The summed E-state index contributed by atoms with van der Waals surface area (Å²) in [5.74, 6) is -0.481. The lowest BCUT2D eigenvalue weighted by Gasteiger charge is -2.16. The van der Waals surface area contributed by atoms with Crippen molar-refractivity contribution in [3.63, 3.8) is 0 Å². The topological polar surface area (TPSA) is 69.7 Å². The largest absolute Gasteiger partial charge is 0.509 e. The normalized spacial score (nSPS) is 13.8. The van der Waals surface area contributed by atoms with Crippen molar-refractivity contribution in [2.45, 2.75) is 52.7 Å². The zero-order chi connectivity index (χ0) is 12.7. The molecule has 0 aromatic carbocycles. The number of ether oxygens (including phenoxy) is 2. The molecule has 0 aliphatic rings. The van der Waals surface area contributed by atoms with Crippen LogP contribution >= 0.6 is 0 Å². The number of hydrogen-bond acceptors (Lipinski definition) is 5. The molecule has 0 aliphatic heterocycles. The molecule has 0 radical (unpaired) electrons. The minimum absolute atomic E-state index is 0.240. The Morgan fingerprint density at radius 3 is 1.38 bits per heavy atom. The summed E-state index contributed by atoms with van der Waals surface area (Å²) >= 11 is 0. The maximum absolute atomic E-state index is 11.2. The van der Waals surface area contributed by atoms with Crippen molar-refractivity contribution in [2.75, 3.05) is 0 Å². The zero-order valence-electron chi connectivity index (χ0n) is 10.1. The first kappa shape index (κ1) is 14.6. The summed E-state index contributed by atoms with van der Waals surface area (Å²) < 4.78 is 9.56. The molecule has 0 fully saturated rings. The Morgan fingerprint density at radius 2 is 1.19 bits per heavy atom. The van der Waals surface area contributed by atoms with Gasteiger partial charge in [-0.15, -0.1) is 0 Å². The van der Waals surface area contributed by atoms with Crippen molar-refractivity contribution >= 4 is 17.7 Å². The van der Waals surface area contributed by atoms with Crippen LogP contribution in [0.4, 0.5) is 4.79 Å². The Morgan fingerprint density at radius 1 is 0.875 bits per heavy atom. The zero-order valence-corrected chi connectivity index (χ0v) is 10.1. The highest BCUT2D eigenvalue weighted by atomic mass is 16.7. The summed E-state index contributed by atoms with van der Waals surface area (Å²) in [4.78, 5) is 33.2. The van der Waals surface area contributed by atoms with Crippen LogP contribution in [0.3, 0.4) is 0 Å². The lowest BCUT2D eigenvalue weighted by molar-refractivity contribution is -0.130. The highest BCUT2D eigenvalue weighted by Crippen LogP contribution is 2.06. The summed E-state index contributed by atoms with van der Waals surface area (Å²) in [6.45, 7) is 6.12. The summed E-state index contributed by atoms with van der Waals surface area (Å²) in [5, 5.41) is 0. The fourth-order valence-electron chi connectivity index (χ4n) is 1.17. The molecule has 0 aliphatic carbocycles. The van der Waals surface area contributed by atoms with E-state index in [1.807, 2.05) is 0 Å². The maximum atomic E-state index is 11.2. The Balaban J connectivity index is 4.25. The fourth-order valence-corrected chi connectivity index (χ4v) is 1.17. The summed E-state index contributed by atoms with van der Waals surface area (Å²) in [6, 6.07) is 0. The number of Topliss-reactive ketones (excluding diaryl/α,β-unsaturated/α-hetero) is 2. The van der Waals surface area contributed by atoms with Crippen molar-refractivity contribution in [3.05, 3.63) is 0 Å². The van der Waals surface area contributed by atoms with Crippen molar-refractivity contribution in [1.82, 2.24) is 0 Å². The van der Waals surface area contributed by atoms with Crippen LogP contribution < -0.4 is 0 Å². The first-order valence-electron chi connectivity index (χ1n) is 5.30. The molecule has 0 saturated heterocycles. The Bertz CT molecular complexity index is 246. The van der Waals surface area contributed by atoms with Crippen LogP contribution in [-0.2, 0) is 19.1 Å². The summed E-state index contributed by atoms with van der Waals surface area (Å²) in [5.41, 5.74) is 0. The third kappa shape index (κ3) is 4.91. The van der Waals surface area contributed by atoms with Gasteiger partial charge in [-0.25, -0.2) is 4.79 Å². The molecule has 16 heavy (non-hydrogen) atoms. The quantitative estimate of drug-likeness (QED) is 0.651. The minimum Gasteiger partial charge on any atom is -0.423 e. The molecule has 0 amide bonds. The van der Waals surface area contributed by atoms with Gasteiger partial charge in [0.2, 0.25) is 0 Å². The highest BCUT2D eigenvalue weighted by Gasteiger charge is 2.22. The molecule has 0 heterocycles. The molecular weight excluding hydrogens is 212 g/mol. The van der Waals surface area contributed by atoms with Crippen LogP contribution in [-0.4, -0.2) is 29.9 Å². The number of carbonyl (C=O) groups excluding carboxylic acids is 3. The van der Waals surface area contributed by atoms with Gasteiger partial charge in [-0.2, -0.15) is 0 Å². The predicted molar refractivity (Wildman–Crippen MR) is 57.1 cm³/mol. The lowest BCUT2D eigenvalue weighted by Crippen LogP contribution is -2.30. The second-order valence-electron chi connectivity index (χ2n) is 3.50.